The number of rotatable bonds is 0. The number of halogens is 2. The van der Waals surface area contributed by atoms with Crippen molar-refractivity contribution in [2.75, 3.05) is 26.4 Å². The summed E-state index contributed by atoms with van der Waals surface area (Å²) >= 11 is 0. The van der Waals surface area contributed by atoms with E-state index in [-0.39, 0.29) is 17.3 Å². The molecule has 2 bridgehead atoms. The third-order valence-corrected chi connectivity index (χ3v) is 10.1. The van der Waals surface area contributed by atoms with Crippen LogP contribution in [0.1, 0.15) is 64.7 Å². The van der Waals surface area contributed by atoms with Gasteiger partial charge in [0.15, 0.2) is 12.1 Å². The molecule has 4 nitrogen and oxygen atoms in total. The van der Waals surface area contributed by atoms with Gasteiger partial charge < -0.3 is 18.9 Å². The van der Waals surface area contributed by atoms with Crippen molar-refractivity contribution in [1.29, 1.82) is 0 Å². The van der Waals surface area contributed by atoms with E-state index < -0.39 is 23.6 Å². The maximum atomic E-state index is 14.5. The van der Waals surface area contributed by atoms with E-state index in [4.69, 9.17) is 18.9 Å². The number of ether oxygens (including phenoxy) is 4. The summed E-state index contributed by atoms with van der Waals surface area (Å²) in [7, 11) is 0. The Kier molecular flexibility index (Phi) is 4.66. The third kappa shape index (κ3) is 2.45. The Labute approximate surface area is 177 Å². The normalized spacial score (nSPS) is 52.9. The highest BCUT2D eigenvalue weighted by Gasteiger charge is 2.73. The van der Waals surface area contributed by atoms with E-state index in [2.05, 4.69) is 6.92 Å². The monoisotopic (exact) mass is 424 g/mol. The lowest BCUT2D eigenvalue weighted by molar-refractivity contribution is -0.316. The first-order valence-corrected chi connectivity index (χ1v) is 12.1. The van der Waals surface area contributed by atoms with Gasteiger partial charge in [-0.3, -0.25) is 0 Å². The van der Waals surface area contributed by atoms with Crippen LogP contribution < -0.4 is 0 Å². The fourth-order valence-corrected chi connectivity index (χ4v) is 8.93. The van der Waals surface area contributed by atoms with Gasteiger partial charge in [-0.05, 0) is 73.2 Å². The molecule has 4 saturated carbocycles. The van der Waals surface area contributed by atoms with Crippen molar-refractivity contribution in [3.8, 4) is 0 Å². The molecule has 0 aromatic rings. The number of hydrogen-bond acceptors (Lipinski definition) is 4. The summed E-state index contributed by atoms with van der Waals surface area (Å²) < 4.78 is 54.1. The lowest BCUT2D eigenvalue weighted by Gasteiger charge is -2.62. The maximum absolute atomic E-state index is 14.5. The molecule has 2 heterocycles. The number of fused-ring (bicyclic) bond motifs is 4. The average molecular weight is 425 g/mol. The van der Waals surface area contributed by atoms with Crippen molar-refractivity contribution in [3.63, 3.8) is 0 Å². The van der Waals surface area contributed by atoms with E-state index in [1.807, 2.05) is 0 Å². The molecular weight excluding hydrogens is 390 g/mol. The van der Waals surface area contributed by atoms with Crippen LogP contribution in [0.25, 0.3) is 0 Å². The van der Waals surface area contributed by atoms with Gasteiger partial charge in [-0.2, -0.15) is 8.78 Å². The summed E-state index contributed by atoms with van der Waals surface area (Å²) in [5.74, 6) is -0.0895. The van der Waals surface area contributed by atoms with Crippen LogP contribution in [-0.4, -0.2) is 38.5 Å². The van der Waals surface area contributed by atoms with Crippen LogP contribution in [0.15, 0.2) is 11.7 Å². The fraction of sp³-hybridized carbons (Fsp3) is 0.917. The van der Waals surface area contributed by atoms with Gasteiger partial charge in [0, 0.05) is 6.42 Å². The van der Waals surface area contributed by atoms with Crippen LogP contribution >= 0.6 is 0 Å². The highest BCUT2D eigenvalue weighted by molar-refractivity contribution is 5.26. The SMILES string of the molecule is C[C@]12CCCC[C@@H]1CC(=C(F)F)[C@@H]1[C@@H]2CC[C@]23C4OCCOC2(CC[C@@H]13)OCCO4. The first kappa shape index (κ1) is 20.1. The van der Waals surface area contributed by atoms with Crippen molar-refractivity contribution in [3.05, 3.63) is 11.7 Å². The molecule has 0 radical (unpaired) electrons. The minimum atomic E-state index is -1.43. The molecule has 6 aliphatic rings. The fourth-order valence-electron chi connectivity index (χ4n) is 8.93. The molecule has 4 aliphatic carbocycles. The van der Waals surface area contributed by atoms with E-state index in [9.17, 15) is 8.78 Å². The Morgan fingerprint density at radius 2 is 1.60 bits per heavy atom. The molecule has 0 aromatic carbocycles. The van der Waals surface area contributed by atoms with Crippen LogP contribution in [0.2, 0.25) is 0 Å². The van der Waals surface area contributed by atoms with Gasteiger partial charge in [-0.25, -0.2) is 0 Å². The zero-order valence-electron chi connectivity index (χ0n) is 18.0. The van der Waals surface area contributed by atoms with Crippen molar-refractivity contribution < 1.29 is 27.7 Å². The van der Waals surface area contributed by atoms with Crippen LogP contribution in [0.3, 0.4) is 0 Å². The highest BCUT2D eigenvalue weighted by atomic mass is 19.3. The summed E-state index contributed by atoms with van der Waals surface area (Å²) in [5, 5.41) is 0. The zero-order chi connectivity index (χ0) is 20.6. The van der Waals surface area contributed by atoms with Crippen molar-refractivity contribution >= 4 is 0 Å². The van der Waals surface area contributed by atoms with Gasteiger partial charge in [0.1, 0.15) is 0 Å². The zero-order valence-corrected chi connectivity index (χ0v) is 18.0. The van der Waals surface area contributed by atoms with Gasteiger partial charge in [0.2, 0.25) is 0 Å². The number of hydrogen-bond donors (Lipinski definition) is 0. The largest absolute Gasteiger partial charge is 0.349 e. The van der Waals surface area contributed by atoms with E-state index in [0.29, 0.717) is 50.3 Å². The minimum Gasteiger partial charge on any atom is -0.349 e. The van der Waals surface area contributed by atoms with Gasteiger partial charge >= 0.3 is 0 Å². The lowest BCUT2D eigenvalue weighted by atomic mass is 9.43. The summed E-state index contributed by atoms with van der Waals surface area (Å²) in [5.41, 5.74) is 0.115. The predicted molar refractivity (Wildman–Crippen MR) is 106 cm³/mol. The highest BCUT2D eigenvalue weighted by Crippen LogP contribution is 2.72. The molecule has 6 fully saturated rings. The number of allylic oxidation sites excluding steroid dienone is 1. The molecule has 6 atom stereocenters. The van der Waals surface area contributed by atoms with E-state index in [1.165, 1.54) is 19.3 Å². The van der Waals surface area contributed by atoms with Crippen molar-refractivity contribution in [2.24, 2.45) is 34.5 Å². The summed E-state index contributed by atoms with van der Waals surface area (Å²) in [6.07, 6.45) is 6.81. The van der Waals surface area contributed by atoms with Crippen molar-refractivity contribution in [1.82, 2.24) is 0 Å². The van der Waals surface area contributed by atoms with E-state index in [1.54, 1.807) is 0 Å². The lowest BCUT2D eigenvalue weighted by Crippen LogP contribution is -2.62. The molecule has 0 amide bonds. The molecule has 0 aromatic heterocycles. The Balaban J connectivity index is 1.48. The quantitative estimate of drug-likeness (QED) is 0.530. The smallest absolute Gasteiger partial charge is 0.269 e. The van der Waals surface area contributed by atoms with Crippen molar-refractivity contribution in [2.45, 2.75) is 76.8 Å². The topological polar surface area (TPSA) is 36.9 Å². The minimum absolute atomic E-state index is 0.0636. The average Bonchev–Trinajstić information content (AvgIpc) is 2.90. The Morgan fingerprint density at radius 1 is 0.867 bits per heavy atom. The Hall–Kier alpha value is -0.560. The van der Waals surface area contributed by atoms with E-state index in [0.717, 1.165) is 32.1 Å². The first-order valence-electron chi connectivity index (χ1n) is 12.1. The summed E-state index contributed by atoms with van der Waals surface area (Å²) in [4.78, 5) is 0. The molecule has 168 valence electrons. The third-order valence-electron chi connectivity index (χ3n) is 10.1. The van der Waals surface area contributed by atoms with Crippen LogP contribution in [0.5, 0.6) is 0 Å². The molecule has 2 saturated heterocycles. The molecule has 0 N–H and O–H groups in total. The molecular formula is C24H34F2O4. The molecule has 0 unspecified atom stereocenters. The standard InChI is InChI=1S/C24H34F2O4/c1-22-7-3-2-4-15(22)14-16(20(25)26)19-17(22)5-8-23-18(19)6-9-24(23)29-12-10-27-21(23)28-11-13-30-24/h15,17-19,21H,2-14H2,1H3/t15-,17+,18+,19-,21?,22+,23+,24?/m1/s1. The van der Waals surface area contributed by atoms with Gasteiger partial charge in [0.05, 0.1) is 31.8 Å². The molecule has 1 spiro atoms. The second-order valence-electron chi connectivity index (χ2n) is 10.8. The van der Waals surface area contributed by atoms with E-state index >= 15 is 0 Å². The summed E-state index contributed by atoms with van der Waals surface area (Å²) in [6.45, 7) is 4.30. The van der Waals surface area contributed by atoms with Gasteiger partial charge in [-0.1, -0.05) is 19.8 Å². The molecule has 30 heavy (non-hydrogen) atoms. The van der Waals surface area contributed by atoms with Crippen LogP contribution in [-0.2, 0) is 18.9 Å². The second kappa shape index (κ2) is 6.97. The molecule has 6 rings (SSSR count). The van der Waals surface area contributed by atoms with Crippen LogP contribution in [0, 0.1) is 34.5 Å². The second-order valence-corrected chi connectivity index (χ2v) is 10.8. The van der Waals surface area contributed by atoms with Gasteiger partial charge in [0.25, 0.3) is 6.08 Å². The van der Waals surface area contributed by atoms with Gasteiger partial charge in [-0.15, -0.1) is 0 Å². The molecule has 2 aliphatic heterocycles. The Morgan fingerprint density at radius 3 is 2.33 bits per heavy atom. The molecule has 6 heteroatoms. The predicted octanol–water partition coefficient (Wildman–Crippen LogP) is 5.28. The maximum Gasteiger partial charge on any atom is 0.269 e. The van der Waals surface area contributed by atoms with Crippen LogP contribution in [0.4, 0.5) is 8.78 Å². The summed E-state index contributed by atoms with van der Waals surface area (Å²) in [6, 6.07) is 0. The Bertz CT molecular complexity index is 725. The first-order chi connectivity index (χ1) is 14.5.